The van der Waals surface area contributed by atoms with E-state index in [4.69, 9.17) is 19.3 Å². The molecule has 1 aromatic carbocycles. The van der Waals surface area contributed by atoms with E-state index in [0.717, 1.165) is 10.8 Å². The minimum atomic E-state index is -5.37. The third-order valence-electron chi connectivity index (χ3n) is 4.59. The van der Waals surface area contributed by atoms with Gasteiger partial charge in [-0.15, -0.1) is 0 Å². The molecule has 0 bridgehead atoms. The Morgan fingerprint density at radius 2 is 1.73 bits per heavy atom. The number of aromatic amines is 1. The van der Waals surface area contributed by atoms with Gasteiger partial charge in [0.1, 0.15) is 24.1 Å². The number of H-pyrrole nitrogens is 1. The van der Waals surface area contributed by atoms with Crippen molar-refractivity contribution in [1.82, 2.24) is 9.55 Å². The van der Waals surface area contributed by atoms with Crippen molar-refractivity contribution in [3.8, 4) is 16.9 Å². The molecule has 1 unspecified atom stereocenters. The molecule has 2 aromatic rings. The van der Waals surface area contributed by atoms with E-state index in [-0.39, 0.29) is 5.56 Å². The molecular formula is C16H20N2O13P2. The fourth-order valence-corrected chi connectivity index (χ4v) is 4.67. The summed E-state index contributed by atoms with van der Waals surface area (Å²) in [4.78, 5) is 53.3. The van der Waals surface area contributed by atoms with Crippen LogP contribution in [0, 0.1) is 0 Å². The zero-order chi connectivity index (χ0) is 24.6. The summed E-state index contributed by atoms with van der Waals surface area (Å²) in [5.41, 5.74) is -1.29. The molecule has 1 saturated heterocycles. The van der Waals surface area contributed by atoms with Crippen LogP contribution in [0.2, 0.25) is 0 Å². The van der Waals surface area contributed by atoms with E-state index >= 15 is 0 Å². The van der Waals surface area contributed by atoms with Crippen molar-refractivity contribution in [3.05, 3.63) is 51.3 Å². The number of hydrogen-bond acceptors (Lipinski definition) is 10. The number of hydrogen-bond donors (Lipinski definition) is 6. The van der Waals surface area contributed by atoms with E-state index in [1.165, 1.54) is 7.11 Å². The summed E-state index contributed by atoms with van der Waals surface area (Å²) in [5, 5.41) is 20.5. The zero-order valence-corrected chi connectivity index (χ0v) is 18.5. The van der Waals surface area contributed by atoms with Crippen molar-refractivity contribution < 1.29 is 52.3 Å². The predicted molar refractivity (Wildman–Crippen MR) is 108 cm³/mol. The Morgan fingerprint density at radius 3 is 2.30 bits per heavy atom. The highest BCUT2D eigenvalue weighted by Crippen LogP contribution is 2.57. The molecule has 182 valence electrons. The molecule has 6 N–H and O–H groups in total. The lowest BCUT2D eigenvalue weighted by Gasteiger charge is -2.18. The molecule has 17 heteroatoms. The Hall–Kier alpha value is -2.16. The van der Waals surface area contributed by atoms with Crippen LogP contribution in [0.15, 0.2) is 40.1 Å². The number of rotatable bonds is 8. The quantitative estimate of drug-likeness (QED) is 0.236. The number of ether oxygens (including phenoxy) is 2. The molecule has 0 spiro atoms. The highest BCUT2D eigenvalue weighted by Gasteiger charge is 2.46. The molecule has 1 aliphatic heterocycles. The van der Waals surface area contributed by atoms with Crippen LogP contribution in [-0.2, 0) is 22.7 Å². The molecule has 0 aliphatic carbocycles. The number of phosphoric acid groups is 2. The first-order valence-corrected chi connectivity index (χ1v) is 12.1. The number of aliphatic hydroxyl groups excluding tert-OH is 2. The molecule has 5 atom stereocenters. The van der Waals surface area contributed by atoms with Gasteiger partial charge in [0.05, 0.1) is 19.3 Å². The Balaban J connectivity index is 1.84. The number of phosphoric ester groups is 1. The maximum absolute atomic E-state index is 12.3. The van der Waals surface area contributed by atoms with Gasteiger partial charge in [0.2, 0.25) is 0 Å². The smallest absolute Gasteiger partial charge is 0.481 e. The zero-order valence-electron chi connectivity index (χ0n) is 16.7. The average molecular weight is 510 g/mol. The van der Waals surface area contributed by atoms with Crippen LogP contribution in [0.4, 0.5) is 0 Å². The lowest BCUT2D eigenvalue weighted by molar-refractivity contribution is -0.0541. The molecular weight excluding hydrogens is 490 g/mol. The molecule has 3 rings (SSSR count). The van der Waals surface area contributed by atoms with Crippen LogP contribution in [0.5, 0.6) is 5.75 Å². The second-order valence-corrected chi connectivity index (χ2v) is 9.65. The lowest BCUT2D eigenvalue weighted by atomic mass is 10.1. The van der Waals surface area contributed by atoms with Gasteiger partial charge in [-0.2, -0.15) is 4.31 Å². The third kappa shape index (κ3) is 6.05. The van der Waals surface area contributed by atoms with Crippen LogP contribution >= 0.6 is 15.6 Å². The van der Waals surface area contributed by atoms with Gasteiger partial charge < -0.3 is 34.4 Å². The van der Waals surface area contributed by atoms with Crippen molar-refractivity contribution in [3.63, 3.8) is 0 Å². The first-order chi connectivity index (χ1) is 15.3. The Labute approximate surface area is 184 Å². The average Bonchev–Trinajstić information content (AvgIpc) is 2.99. The van der Waals surface area contributed by atoms with E-state index in [2.05, 4.69) is 13.8 Å². The largest absolute Gasteiger partial charge is 0.497 e. The molecule has 2 heterocycles. The monoisotopic (exact) mass is 510 g/mol. The highest BCUT2D eigenvalue weighted by molar-refractivity contribution is 7.60. The fourth-order valence-electron chi connectivity index (χ4n) is 3.07. The summed E-state index contributed by atoms with van der Waals surface area (Å²) in [5.74, 6) is 0.521. The third-order valence-corrected chi connectivity index (χ3v) is 6.74. The van der Waals surface area contributed by atoms with E-state index in [0.29, 0.717) is 11.3 Å². The summed E-state index contributed by atoms with van der Waals surface area (Å²) >= 11 is 0. The Bertz CT molecular complexity index is 1200. The first-order valence-electron chi connectivity index (χ1n) is 9.07. The second kappa shape index (κ2) is 9.60. The number of aliphatic hydroxyl groups is 2. The van der Waals surface area contributed by atoms with Crippen molar-refractivity contribution in [2.45, 2.75) is 24.5 Å². The van der Waals surface area contributed by atoms with Crippen molar-refractivity contribution in [2.75, 3.05) is 13.7 Å². The van der Waals surface area contributed by atoms with Gasteiger partial charge in [-0.3, -0.25) is 18.9 Å². The summed E-state index contributed by atoms with van der Waals surface area (Å²) < 4.78 is 41.5. The maximum atomic E-state index is 12.3. The SMILES string of the molecule is COc1ccc(-c2cn([C@@H]3O[C@H](COP(=O)(O)OP(=O)(O)O)[C@@H](O)[C@H]3O)c(=O)[nH]c2=O)cc1. The molecule has 15 nitrogen and oxygen atoms in total. The molecule has 0 amide bonds. The van der Waals surface area contributed by atoms with Crippen molar-refractivity contribution in [2.24, 2.45) is 0 Å². The predicted octanol–water partition coefficient (Wildman–Crippen LogP) is -0.942. The van der Waals surface area contributed by atoms with Gasteiger partial charge in [-0.05, 0) is 17.7 Å². The highest BCUT2D eigenvalue weighted by atomic mass is 31.3. The van der Waals surface area contributed by atoms with Crippen LogP contribution < -0.4 is 16.0 Å². The number of aromatic nitrogens is 2. The topological polar surface area (TPSA) is 227 Å². The number of nitrogens with zero attached hydrogens (tertiary/aromatic N) is 1. The van der Waals surface area contributed by atoms with Gasteiger partial charge in [-0.25, -0.2) is 13.9 Å². The van der Waals surface area contributed by atoms with Crippen molar-refractivity contribution >= 4 is 15.6 Å². The minimum absolute atomic E-state index is 0.0251. The van der Waals surface area contributed by atoms with Gasteiger partial charge >= 0.3 is 21.3 Å². The standard InChI is InChI=1S/C16H20N2O13P2/c1-28-9-4-2-8(3-5-9)10-6-18(16(22)17-14(10)21)15-13(20)12(19)11(30-15)7-29-33(26,27)31-32(23,24)25/h2-6,11-13,15,19-20H,7H2,1H3,(H,26,27)(H,17,21,22)(H2,23,24,25)/t11-,12-,13-,15-/m1/s1. The van der Waals surface area contributed by atoms with Gasteiger partial charge in [0.15, 0.2) is 6.23 Å². The van der Waals surface area contributed by atoms with Gasteiger partial charge in [0, 0.05) is 6.20 Å². The van der Waals surface area contributed by atoms with Crippen molar-refractivity contribution in [1.29, 1.82) is 0 Å². The summed E-state index contributed by atoms with van der Waals surface area (Å²) in [6, 6.07) is 6.26. The first kappa shape index (κ1) is 25.5. The second-order valence-electron chi connectivity index (χ2n) is 6.82. The molecule has 1 fully saturated rings. The minimum Gasteiger partial charge on any atom is -0.497 e. The number of methoxy groups -OCH3 is 1. The van der Waals surface area contributed by atoms with E-state index in [1.54, 1.807) is 24.3 Å². The normalized spacial score (nSPS) is 25.0. The maximum Gasteiger partial charge on any atom is 0.481 e. The fraction of sp³-hybridized carbons (Fsp3) is 0.375. The van der Waals surface area contributed by atoms with E-state index < -0.39 is 58.0 Å². The summed E-state index contributed by atoms with van der Waals surface area (Å²) in [6.07, 6.45) is -5.44. The molecule has 1 aliphatic rings. The number of benzene rings is 1. The van der Waals surface area contributed by atoms with E-state index in [1.807, 2.05) is 0 Å². The van der Waals surface area contributed by atoms with Crippen LogP contribution in [-0.4, -0.2) is 66.5 Å². The summed E-state index contributed by atoms with van der Waals surface area (Å²) in [7, 11) is -9.14. The lowest BCUT2D eigenvalue weighted by Crippen LogP contribution is -2.38. The Morgan fingerprint density at radius 1 is 1.09 bits per heavy atom. The molecule has 1 aromatic heterocycles. The molecule has 33 heavy (non-hydrogen) atoms. The molecule has 0 saturated carbocycles. The van der Waals surface area contributed by atoms with Crippen LogP contribution in [0.3, 0.4) is 0 Å². The number of nitrogens with one attached hydrogen (secondary N) is 1. The Kier molecular flexibility index (Phi) is 7.41. The van der Waals surface area contributed by atoms with Crippen LogP contribution in [0.25, 0.3) is 11.1 Å². The van der Waals surface area contributed by atoms with Crippen LogP contribution in [0.1, 0.15) is 6.23 Å². The molecule has 0 radical (unpaired) electrons. The van der Waals surface area contributed by atoms with Gasteiger partial charge in [-0.1, -0.05) is 12.1 Å². The summed E-state index contributed by atoms with van der Waals surface area (Å²) in [6.45, 7) is -0.939. The van der Waals surface area contributed by atoms with Gasteiger partial charge in [0.25, 0.3) is 5.56 Å². The van der Waals surface area contributed by atoms with E-state index in [9.17, 15) is 33.8 Å².